The van der Waals surface area contributed by atoms with E-state index in [0.29, 0.717) is 16.9 Å². The van der Waals surface area contributed by atoms with Crippen LogP contribution in [0, 0.1) is 0 Å². The Kier molecular flexibility index (Phi) is 4.47. The van der Waals surface area contributed by atoms with Crippen LogP contribution in [0.3, 0.4) is 0 Å². The number of ether oxygens (including phenoxy) is 1. The molecule has 0 saturated carbocycles. The van der Waals surface area contributed by atoms with Gasteiger partial charge < -0.3 is 10.5 Å². The van der Waals surface area contributed by atoms with E-state index in [1.54, 1.807) is 24.3 Å². The highest BCUT2D eigenvalue weighted by Crippen LogP contribution is 2.29. The molecule has 2 rings (SSSR count). The largest absolute Gasteiger partial charge is 0.488 e. The smallest absolute Gasteiger partial charge is 0.416 e. The fraction of sp³-hybridized carbons (Fsp3) is 0.133. The van der Waals surface area contributed by atoms with Crippen LogP contribution in [0.5, 0.6) is 5.75 Å². The van der Waals surface area contributed by atoms with E-state index in [2.05, 4.69) is 0 Å². The molecular formula is C15H12F3NOS. The maximum atomic E-state index is 12.5. The number of hydrogen-bond acceptors (Lipinski definition) is 2. The van der Waals surface area contributed by atoms with Crippen LogP contribution in [0.1, 0.15) is 16.7 Å². The van der Waals surface area contributed by atoms with Crippen LogP contribution in [-0.4, -0.2) is 4.99 Å². The van der Waals surface area contributed by atoms with Crippen molar-refractivity contribution in [2.24, 2.45) is 5.73 Å². The number of halogens is 3. The Labute approximate surface area is 125 Å². The second-order valence-electron chi connectivity index (χ2n) is 4.34. The normalized spacial score (nSPS) is 11.2. The van der Waals surface area contributed by atoms with Crippen LogP contribution in [0.15, 0.2) is 48.5 Å². The number of para-hydroxylation sites is 1. The molecule has 0 unspecified atom stereocenters. The lowest BCUT2D eigenvalue weighted by Crippen LogP contribution is -2.11. The summed E-state index contributed by atoms with van der Waals surface area (Å²) in [6.45, 7) is 0.137. The lowest BCUT2D eigenvalue weighted by molar-refractivity contribution is -0.137. The maximum Gasteiger partial charge on any atom is 0.416 e. The van der Waals surface area contributed by atoms with E-state index in [1.165, 1.54) is 12.1 Å². The van der Waals surface area contributed by atoms with E-state index in [0.717, 1.165) is 12.1 Å². The van der Waals surface area contributed by atoms with Crippen LogP contribution in [0.2, 0.25) is 0 Å². The molecule has 2 nitrogen and oxygen atoms in total. The molecule has 0 saturated heterocycles. The van der Waals surface area contributed by atoms with Crippen molar-refractivity contribution in [2.45, 2.75) is 12.8 Å². The van der Waals surface area contributed by atoms with Crippen LogP contribution >= 0.6 is 12.2 Å². The lowest BCUT2D eigenvalue weighted by Gasteiger charge is -2.11. The first-order valence-corrected chi connectivity index (χ1v) is 6.46. The van der Waals surface area contributed by atoms with Gasteiger partial charge in [-0.1, -0.05) is 36.5 Å². The van der Waals surface area contributed by atoms with Gasteiger partial charge in [0.2, 0.25) is 0 Å². The fourth-order valence-corrected chi connectivity index (χ4v) is 1.92. The SMILES string of the molecule is NC(=S)c1ccccc1OCc1ccc(C(F)(F)F)cc1. The van der Waals surface area contributed by atoms with Gasteiger partial charge in [-0.3, -0.25) is 0 Å². The molecule has 0 amide bonds. The average Bonchev–Trinajstić information content (AvgIpc) is 2.45. The van der Waals surface area contributed by atoms with Crippen LogP contribution in [-0.2, 0) is 12.8 Å². The number of benzene rings is 2. The van der Waals surface area contributed by atoms with Gasteiger partial charge in [-0.25, -0.2) is 0 Å². The molecule has 110 valence electrons. The first-order valence-electron chi connectivity index (χ1n) is 6.05. The Morgan fingerprint density at radius 2 is 1.67 bits per heavy atom. The summed E-state index contributed by atoms with van der Waals surface area (Å²) in [7, 11) is 0. The van der Waals surface area contributed by atoms with E-state index in [-0.39, 0.29) is 11.6 Å². The zero-order chi connectivity index (χ0) is 15.5. The molecule has 0 bridgehead atoms. The number of nitrogens with two attached hydrogens (primary N) is 1. The summed E-state index contributed by atoms with van der Waals surface area (Å²) < 4.78 is 42.9. The van der Waals surface area contributed by atoms with Crippen molar-refractivity contribution in [2.75, 3.05) is 0 Å². The summed E-state index contributed by atoms with van der Waals surface area (Å²) in [4.78, 5) is 0.206. The molecule has 0 atom stereocenters. The van der Waals surface area contributed by atoms with Crippen molar-refractivity contribution >= 4 is 17.2 Å². The monoisotopic (exact) mass is 311 g/mol. The van der Waals surface area contributed by atoms with Gasteiger partial charge in [0.1, 0.15) is 17.3 Å². The molecule has 6 heteroatoms. The van der Waals surface area contributed by atoms with E-state index in [9.17, 15) is 13.2 Å². The Hall–Kier alpha value is -2.08. The van der Waals surface area contributed by atoms with Gasteiger partial charge in [0, 0.05) is 0 Å². The molecule has 0 heterocycles. The highest BCUT2D eigenvalue weighted by molar-refractivity contribution is 7.80. The Bertz CT molecular complexity index is 638. The molecule has 0 aromatic heterocycles. The van der Waals surface area contributed by atoms with Crippen molar-refractivity contribution in [3.63, 3.8) is 0 Å². The number of hydrogen-bond donors (Lipinski definition) is 1. The van der Waals surface area contributed by atoms with Gasteiger partial charge in [0.05, 0.1) is 11.1 Å². The topological polar surface area (TPSA) is 35.2 Å². The summed E-state index contributed by atoms with van der Waals surface area (Å²) in [6, 6.07) is 11.8. The minimum absolute atomic E-state index is 0.137. The predicted octanol–water partition coefficient (Wildman–Crippen LogP) is 3.92. The van der Waals surface area contributed by atoms with Crippen molar-refractivity contribution in [3.8, 4) is 5.75 Å². The third-order valence-corrected chi connectivity index (χ3v) is 3.05. The molecule has 2 N–H and O–H groups in total. The zero-order valence-corrected chi connectivity index (χ0v) is 11.7. The molecule has 0 radical (unpaired) electrons. The van der Waals surface area contributed by atoms with E-state index in [1.807, 2.05) is 0 Å². The molecule has 0 aliphatic heterocycles. The summed E-state index contributed by atoms with van der Waals surface area (Å²) >= 11 is 4.91. The minimum atomic E-state index is -4.34. The van der Waals surface area contributed by atoms with E-state index in [4.69, 9.17) is 22.7 Å². The van der Waals surface area contributed by atoms with Gasteiger partial charge in [0.15, 0.2) is 0 Å². The maximum absolute atomic E-state index is 12.5. The summed E-state index contributed by atoms with van der Waals surface area (Å²) in [5.41, 5.74) is 6.11. The van der Waals surface area contributed by atoms with Gasteiger partial charge in [-0.2, -0.15) is 13.2 Å². The van der Waals surface area contributed by atoms with Gasteiger partial charge in [-0.05, 0) is 29.8 Å². The molecule has 2 aromatic rings. The van der Waals surface area contributed by atoms with Crippen molar-refractivity contribution in [1.29, 1.82) is 0 Å². The van der Waals surface area contributed by atoms with Crippen molar-refractivity contribution in [1.82, 2.24) is 0 Å². The highest BCUT2D eigenvalue weighted by atomic mass is 32.1. The molecule has 0 spiro atoms. The van der Waals surface area contributed by atoms with E-state index >= 15 is 0 Å². The number of rotatable bonds is 4. The van der Waals surface area contributed by atoms with Crippen molar-refractivity contribution in [3.05, 3.63) is 65.2 Å². The zero-order valence-electron chi connectivity index (χ0n) is 10.9. The molecular weight excluding hydrogens is 299 g/mol. The second kappa shape index (κ2) is 6.13. The molecule has 21 heavy (non-hydrogen) atoms. The summed E-state index contributed by atoms with van der Waals surface area (Å²) in [5.74, 6) is 0.505. The average molecular weight is 311 g/mol. The summed E-state index contributed by atoms with van der Waals surface area (Å²) in [5, 5.41) is 0. The first-order chi connectivity index (χ1) is 9.88. The standard InChI is InChI=1S/C15H12F3NOS/c16-15(17,18)11-7-5-10(6-8-11)9-20-13-4-2-1-3-12(13)14(19)21/h1-8H,9H2,(H2,19,21). The lowest BCUT2D eigenvalue weighted by atomic mass is 10.1. The molecule has 2 aromatic carbocycles. The van der Waals surface area contributed by atoms with Crippen LogP contribution in [0.25, 0.3) is 0 Å². The fourth-order valence-electron chi connectivity index (χ4n) is 1.75. The van der Waals surface area contributed by atoms with E-state index < -0.39 is 11.7 Å². The number of thiocarbonyl (C=S) groups is 1. The highest BCUT2D eigenvalue weighted by Gasteiger charge is 2.29. The Balaban J connectivity index is 2.09. The van der Waals surface area contributed by atoms with Gasteiger partial charge in [0.25, 0.3) is 0 Å². The van der Waals surface area contributed by atoms with Gasteiger partial charge in [-0.15, -0.1) is 0 Å². The predicted molar refractivity (Wildman–Crippen MR) is 78.1 cm³/mol. The first kappa shape index (κ1) is 15.3. The minimum Gasteiger partial charge on any atom is -0.488 e. The third-order valence-electron chi connectivity index (χ3n) is 2.83. The third kappa shape index (κ3) is 3.95. The second-order valence-corrected chi connectivity index (χ2v) is 4.78. The quantitative estimate of drug-likeness (QED) is 0.869. The Morgan fingerprint density at radius 3 is 2.24 bits per heavy atom. The number of alkyl halides is 3. The molecule has 0 aliphatic carbocycles. The Morgan fingerprint density at radius 1 is 1.05 bits per heavy atom. The molecule has 0 aliphatic rings. The van der Waals surface area contributed by atoms with Gasteiger partial charge >= 0.3 is 6.18 Å². The molecule has 0 fully saturated rings. The van der Waals surface area contributed by atoms with Crippen LogP contribution in [0.4, 0.5) is 13.2 Å². The summed E-state index contributed by atoms with van der Waals surface area (Å²) in [6.07, 6.45) is -4.34. The van der Waals surface area contributed by atoms with Crippen molar-refractivity contribution < 1.29 is 17.9 Å². The van der Waals surface area contributed by atoms with Crippen LogP contribution < -0.4 is 10.5 Å².